The van der Waals surface area contributed by atoms with Gasteiger partial charge in [-0.05, 0) is 30.5 Å². The van der Waals surface area contributed by atoms with Crippen molar-refractivity contribution in [2.75, 3.05) is 5.32 Å². The number of hydrogen-bond donors (Lipinski definition) is 2. The molecule has 2 atom stereocenters. The molecule has 0 fully saturated rings. The monoisotopic (exact) mass is 263 g/mol. The molecule has 1 aromatic rings. The van der Waals surface area contributed by atoms with Crippen molar-refractivity contribution in [3.05, 3.63) is 29.3 Å². The number of anilines is 1. The van der Waals surface area contributed by atoms with Gasteiger partial charge in [0.25, 0.3) is 0 Å². The van der Waals surface area contributed by atoms with Gasteiger partial charge in [-0.3, -0.25) is 4.79 Å². The number of carbonyl (C=O) groups excluding carboxylic acids is 1. The number of aryl methyl sites for hydroxylation is 1. The summed E-state index contributed by atoms with van der Waals surface area (Å²) in [6.45, 7) is 7.81. The van der Waals surface area contributed by atoms with Gasteiger partial charge < -0.3 is 10.4 Å². The number of aromatic carboxylic acids is 1. The Bertz CT molecular complexity index is 482. The molecule has 2 unspecified atom stereocenters. The Labute approximate surface area is 113 Å². The van der Waals surface area contributed by atoms with E-state index in [1.165, 1.54) is 12.1 Å². The third-order valence-corrected chi connectivity index (χ3v) is 3.65. The Morgan fingerprint density at radius 3 is 2.47 bits per heavy atom. The summed E-state index contributed by atoms with van der Waals surface area (Å²) in [6.07, 6.45) is 0.933. The lowest BCUT2D eigenvalue weighted by Crippen LogP contribution is -2.25. The van der Waals surface area contributed by atoms with Gasteiger partial charge >= 0.3 is 5.97 Å². The number of hydrogen-bond acceptors (Lipinski definition) is 2. The minimum Gasteiger partial charge on any atom is -0.478 e. The van der Waals surface area contributed by atoms with E-state index in [0.717, 1.165) is 12.0 Å². The molecule has 0 radical (unpaired) electrons. The van der Waals surface area contributed by atoms with E-state index in [9.17, 15) is 9.59 Å². The lowest BCUT2D eigenvalue weighted by atomic mass is 9.92. The Balaban J connectivity index is 2.90. The quantitative estimate of drug-likeness (QED) is 0.856. The van der Waals surface area contributed by atoms with Gasteiger partial charge in [-0.2, -0.15) is 0 Å². The molecule has 0 spiro atoms. The first-order chi connectivity index (χ1) is 8.86. The topological polar surface area (TPSA) is 66.4 Å². The average Bonchev–Trinajstić information content (AvgIpc) is 2.38. The molecule has 0 aliphatic heterocycles. The first kappa shape index (κ1) is 15.2. The normalized spacial score (nSPS) is 13.7. The van der Waals surface area contributed by atoms with Gasteiger partial charge in [0.2, 0.25) is 5.91 Å². The van der Waals surface area contributed by atoms with Crippen LogP contribution in [0.5, 0.6) is 0 Å². The summed E-state index contributed by atoms with van der Waals surface area (Å²) in [5.41, 5.74) is 1.60. The lowest BCUT2D eigenvalue weighted by molar-refractivity contribution is -0.120. The SMILES string of the molecule is CCC(C)C(C)C(=O)Nc1cc(C(=O)O)ccc1C. The second-order valence-corrected chi connectivity index (χ2v) is 5.00. The van der Waals surface area contributed by atoms with E-state index in [1.54, 1.807) is 6.07 Å². The van der Waals surface area contributed by atoms with Gasteiger partial charge in [-0.1, -0.05) is 33.3 Å². The van der Waals surface area contributed by atoms with Gasteiger partial charge in [0, 0.05) is 11.6 Å². The molecule has 0 saturated carbocycles. The van der Waals surface area contributed by atoms with E-state index in [-0.39, 0.29) is 17.4 Å². The number of carbonyl (C=O) groups is 2. The summed E-state index contributed by atoms with van der Waals surface area (Å²) in [7, 11) is 0. The van der Waals surface area contributed by atoms with Crippen molar-refractivity contribution < 1.29 is 14.7 Å². The van der Waals surface area contributed by atoms with Crippen LogP contribution in [0.15, 0.2) is 18.2 Å². The summed E-state index contributed by atoms with van der Waals surface area (Å²) in [4.78, 5) is 23.0. The predicted octanol–water partition coefficient (Wildman–Crippen LogP) is 3.31. The van der Waals surface area contributed by atoms with Crippen molar-refractivity contribution in [2.45, 2.75) is 34.1 Å². The minimum atomic E-state index is -0.995. The molecule has 0 heterocycles. The smallest absolute Gasteiger partial charge is 0.335 e. The molecule has 0 aliphatic rings. The van der Waals surface area contributed by atoms with Crippen LogP contribution in [0.4, 0.5) is 5.69 Å². The van der Waals surface area contributed by atoms with Crippen molar-refractivity contribution in [1.29, 1.82) is 0 Å². The van der Waals surface area contributed by atoms with E-state index >= 15 is 0 Å². The molecular weight excluding hydrogens is 242 g/mol. The van der Waals surface area contributed by atoms with Crippen LogP contribution in [-0.2, 0) is 4.79 Å². The molecule has 0 bridgehead atoms. The Morgan fingerprint density at radius 2 is 1.95 bits per heavy atom. The Kier molecular flexibility index (Phi) is 5.10. The van der Waals surface area contributed by atoms with Crippen LogP contribution < -0.4 is 5.32 Å². The third kappa shape index (κ3) is 3.81. The number of rotatable bonds is 5. The molecule has 0 aromatic heterocycles. The van der Waals surface area contributed by atoms with Crippen LogP contribution in [-0.4, -0.2) is 17.0 Å². The molecule has 2 N–H and O–H groups in total. The van der Waals surface area contributed by atoms with Crippen molar-refractivity contribution in [2.24, 2.45) is 11.8 Å². The standard InChI is InChI=1S/C15H21NO3/c1-5-9(2)11(4)14(17)16-13-8-12(15(18)19)7-6-10(13)3/h6-9,11H,5H2,1-4H3,(H,16,17)(H,18,19). The zero-order valence-electron chi connectivity index (χ0n) is 11.9. The van der Waals surface area contributed by atoms with E-state index < -0.39 is 5.97 Å². The van der Waals surface area contributed by atoms with E-state index in [1.807, 2.05) is 27.7 Å². The highest BCUT2D eigenvalue weighted by Crippen LogP contribution is 2.21. The van der Waals surface area contributed by atoms with Gasteiger partial charge in [0.1, 0.15) is 0 Å². The molecule has 19 heavy (non-hydrogen) atoms. The molecule has 1 rings (SSSR count). The van der Waals surface area contributed by atoms with Gasteiger partial charge in [0.05, 0.1) is 5.56 Å². The predicted molar refractivity (Wildman–Crippen MR) is 75.4 cm³/mol. The van der Waals surface area contributed by atoms with Gasteiger partial charge in [-0.25, -0.2) is 4.79 Å². The average molecular weight is 263 g/mol. The van der Waals surface area contributed by atoms with Gasteiger partial charge in [-0.15, -0.1) is 0 Å². The third-order valence-electron chi connectivity index (χ3n) is 3.65. The zero-order chi connectivity index (χ0) is 14.6. The number of nitrogens with one attached hydrogen (secondary N) is 1. The van der Waals surface area contributed by atoms with Crippen molar-refractivity contribution in [1.82, 2.24) is 0 Å². The Morgan fingerprint density at radius 1 is 1.32 bits per heavy atom. The number of carboxylic acid groups (broad SMARTS) is 1. The fraction of sp³-hybridized carbons (Fsp3) is 0.467. The van der Waals surface area contributed by atoms with E-state index in [4.69, 9.17) is 5.11 Å². The molecule has 0 aliphatic carbocycles. The fourth-order valence-corrected chi connectivity index (χ4v) is 1.75. The maximum atomic E-state index is 12.1. The van der Waals surface area contributed by atoms with Crippen molar-refractivity contribution in [3.63, 3.8) is 0 Å². The summed E-state index contributed by atoms with van der Waals surface area (Å²) in [5, 5.41) is 11.8. The maximum absolute atomic E-state index is 12.1. The Hall–Kier alpha value is -1.84. The van der Waals surface area contributed by atoms with Crippen LogP contribution in [0.25, 0.3) is 0 Å². The second-order valence-electron chi connectivity index (χ2n) is 5.00. The summed E-state index contributed by atoms with van der Waals surface area (Å²) in [6, 6.07) is 4.73. The van der Waals surface area contributed by atoms with Crippen molar-refractivity contribution >= 4 is 17.6 Å². The molecule has 1 amide bonds. The number of amides is 1. The largest absolute Gasteiger partial charge is 0.478 e. The molecule has 4 heteroatoms. The van der Waals surface area contributed by atoms with Crippen LogP contribution in [0.1, 0.15) is 43.1 Å². The maximum Gasteiger partial charge on any atom is 0.335 e. The van der Waals surface area contributed by atoms with Crippen LogP contribution in [0.3, 0.4) is 0 Å². The molecule has 104 valence electrons. The van der Waals surface area contributed by atoms with Gasteiger partial charge in [0.15, 0.2) is 0 Å². The van der Waals surface area contributed by atoms with E-state index in [2.05, 4.69) is 5.32 Å². The lowest BCUT2D eigenvalue weighted by Gasteiger charge is -2.18. The molecular formula is C15H21NO3. The molecule has 4 nitrogen and oxygen atoms in total. The highest BCUT2D eigenvalue weighted by Gasteiger charge is 2.19. The van der Waals surface area contributed by atoms with Crippen molar-refractivity contribution in [3.8, 4) is 0 Å². The van der Waals surface area contributed by atoms with Crippen LogP contribution in [0.2, 0.25) is 0 Å². The second kappa shape index (κ2) is 6.36. The van der Waals surface area contributed by atoms with Crippen LogP contribution >= 0.6 is 0 Å². The zero-order valence-corrected chi connectivity index (χ0v) is 11.9. The number of carboxylic acids is 1. The minimum absolute atomic E-state index is 0.0695. The molecule has 1 aromatic carbocycles. The molecule has 0 saturated heterocycles. The first-order valence-corrected chi connectivity index (χ1v) is 6.51. The van der Waals surface area contributed by atoms with E-state index in [0.29, 0.717) is 11.6 Å². The highest BCUT2D eigenvalue weighted by atomic mass is 16.4. The highest BCUT2D eigenvalue weighted by molar-refractivity contribution is 5.95. The summed E-state index contributed by atoms with van der Waals surface area (Å²) in [5.74, 6) is -0.869. The summed E-state index contributed by atoms with van der Waals surface area (Å²) < 4.78 is 0. The fourth-order valence-electron chi connectivity index (χ4n) is 1.75. The summed E-state index contributed by atoms with van der Waals surface area (Å²) >= 11 is 0. The van der Waals surface area contributed by atoms with Crippen LogP contribution in [0, 0.1) is 18.8 Å². The number of benzene rings is 1. The first-order valence-electron chi connectivity index (χ1n) is 6.51.